The molecule has 1 atom stereocenters. The third-order valence-corrected chi connectivity index (χ3v) is 7.79. The van der Waals surface area contributed by atoms with Gasteiger partial charge in [0.1, 0.15) is 21.2 Å². The molecule has 37 heavy (non-hydrogen) atoms. The molecule has 5 heterocycles. The van der Waals surface area contributed by atoms with Crippen molar-refractivity contribution in [2.24, 2.45) is 0 Å². The van der Waals surface area contributed by atoms with E-state index in [-0.39, 0.29) is 18.0 Å². The van der Waals surface area contributed by atoms with Gasteiger partial charge in [-0.15, -0.1) is 11.3 Å². The summed E-state index contributed by atoms with van der Waals surface area (Å²) in [4.78, 5) is 40.3. The molecule has 0 radical (unpaired) electrons. The van der Waals surface area contributed by atoms with Crippen LogP contribution in [-0.4, -0.2) is 53.0 Å². The number of thiophene rings is 1. The lowest BCUT2D eigenvalue weighted by Gasteiger charge is -2.31. The van der Waals surface area contributed by atoms with Gasteiger partial charge in [0, 0.05) is 25.0 Å². The summed E-state index contributed by atoms with van der Waals surface area (Å²) >= 11 is 1.30. The Morgan fingerprint density at radius 1 is 1.19 bits per heavy atom. The van der Waals surface area contributed by atoms with Crippen LogP contribution in [0.4, 0.5) is 21.9 Å². The lowest BCUT2D eigenvalue weighted by atomic mass is 10.1. The molecule has 188 valence electrons. The average Bonchev–Trinajstić information content (AvgIpc) is 3.25. The third-order valence-electron chi connectivity index (χ3n) is 6.69. The molecule has 1 saturated heterocycles. The lowest BCUT2D eigenvalue weighted by molar-refractivity contribution is 0.0917. The Bertz CT molecular complexity index is 1510. The third kappa shape index (κ3) is 4.38. The van der Waals surface area contributed by atoms with E-state index in [1.807, 2.05) is 43.3 Å². The number of benzene rings is 1. The van der Waals surface area contributed by atoms with E-state index in [1.54, 1.807) is 23.5 Å². The summed E-state index contributed by atoms with van der Waals surface area (Å²) in [6.07, 6.45) is 7.00. The number of piperidine rings is 1. The van der Waals surface area contributed by atoms with Gasteiger partial charge in [0.2, 0.25) is 0 Å². The van der Waals surface area contributed by atoms with E-state index in [9.17, 15) is 9.59 Å². The second-order valence-corrected chi connectivity index (χ2v) is 10.4. The summed E-state index contributed by atoms with van der Waals surface area (Å²) in [6, 6.07) is 10.8. The minimum atomic E-state index is -0.325. The van der Waals surface area contributed by atoms with Gasteiger partial charge in [0.15, 0.2) is 0 Å². The average molecular weight is 515 g/mol. The number of likely N-dealkylation sites (tertiary alicyclic amines) is 1. The molecule has 10 heteroatoms. The summed E-state index contributed by atoms with van der Waals surface area (Å²) in [5.41, 5.74) is 2.80. The molecule has 0 bridgehead atoms. The zero-order valence-corrected chi connectivity index (χ0v) is 21.3. The molecular weight excluding hydrogens is 488 g/mol. The molecule has 6 rings (SSSR count). The molecule has 2 N–H and O–H groups in total. The fourth-order valence-electron chi connectivity index (χ4n) is 5.00. The molecule has 3 amide bonds. The number of ether oxygens (including phenoxy) is 1. The number of rotatable bonds is 5. The van der Waals surface area contributed by atoms with Gasteiger partial charge in [-0.3, -0.25) is 14.7 Å². The van der Waals surface area contributed by atoms with Crippen LogP contribution in [0.3, 0.4) is 0 Å². The highest BCUT2D eigenvalue weighted by molar-refractivity contribution is 7.21. The van der Waals surface area contributed by atoms with Crippen LogP contribution < -0.4 is 20.3 Å². The molecular formula is C27H26N6O3S. The Morgan fingerprint density at radius 3 is 2.86 bits per heavy atom. The first-order valence-electron chi connectivity index (χ1n) is 12.2. The largest absolute Gasteiger partial charge is 0.456 e. The van der Waals surface area contributed by atoms with Crippen LogP contribution >= 0.6 is 11.3 Å². The number of aryl methyl sites for hydroxylation is 1. The highest BCUT2D eigenvalue weighted by Gasteiger charge is 2.34. The number of hydrogen-bond acceptors (Lipinski definition) is 7. The normalized spacial score (nSPS) is 17.5. The van der Waals surface area contributed by atoms with Gasteiger partial charge in [0.05, 0.1) is 28.6 Å². The molecule has 3 aromatic heterocycles. The van der Waals surface area contributed by atoms with Crippen molar-refractivity contribution in [1.29, 1.82) is 0 Å². The number of carbonyl (C=O) groups excluding carboxylic acids is 2. The maximum Gasteiger partial charge on any atom is 0.331 e. The maximum atomic E-state index is 13.5. The van der Waals surface area contributed by atoms with Crippen molar-refractivity contribution in [2.75, 3.05) is 30.4 Å². The Balaban J connectivity index is 1.33. The minimum absolute atomic E-state index is 0.0851. The molecule has 0 spiro atoms. The number of anilines is 3. The van der Waals surface area contributed by atoms with Crippen molar-refractivity contribution in [3.8, 4) is 11.5 Å². The molecule has 9 nitrogen and oxygen atoms in total. The molecule has 2 aliphatic rings. The summed E-state index contributed by atoms with van der Waals surface area (Å²) in [5.74, 6) is 1.11. The van der Waals surface area contributed by atoms with E-state index in [2.05, 4.69) is 32.5 Å². The predicted octanol–water partition coefficient (Wildman–Crippen LogP) is 5.30. The van der Waals surface area contributed by atoms with Crippen molar-refractivity contribution in [3.63, 3.8) is 0 Å². The fraction of sp³-hybridized carbons (Fsp3) is 0.259. The van der Waals surface area contributed by atoms with Crippen molar-refractivity contribution >= 4 is 50.6 Å². The highest BCUT2D eigenvalue weighted by atomic mass is 32.1. The van der Waals surface area contributed by atoms with Crippen LogP contribution in [-0.2, 0) is 0 Å². The summed E-state index contributed by atoms with van der Waals surface area (Å²) < 4.78 is 5.90. The first kappa shape index (κ1) is 23.4. The molecule has 0 saturated carbocycles. The quantitative estimate of drug-likeness (QED) is 0.375. The number of likely N-dealkylation sites (N-methyl/N-ethyl adjacent to an activating group) is 1. The van der Waals surface area contributed by atoms with Crippen molar-refractivity contribution in [2.45, 2.75) is 25.8 Å². The van der Waals surface area contributed by atoms with Crippen molar-refractivity contribution in [3.05, 3.63) is 65.4 Å². The first-order chi connectivity index (χ1) is 18.0. The topological polar surface area (TPSA) is 99.7 Å². The van der Waals surface area contributed by atoms with Crippen LogP contribution in [0.2, 0.25) is 0 Å². The molecule has 4 aromatic rings. The van der Waals surface area contributed by atoms with Gasteiger partial charge in [-0.25, -0.2) is 9.78 Å². The van der Waals surface area contributed by atoms with Gasteiger partial charge in [-0.2, -0.15) is 0 Å². The zero-order chi connectivity index (χ0) is 25.5. The summed E-state index contributed by atoms with van der Waals surface area (Å²) in [5, 5.41) is 6.90. The Kier molecular flexibility index (Phi) is 5.97. The summed E-state index contributed by atoms with van der Waals surface area (Å²) in [7, 11) is 2.06. The van der Waals surface area contributed by atoms with Gasteiger partial charge < -0.3 is 20.3 Å². The fourth-order valence-corrected chi connectivity index (χ4v) is 6.03. The number of hydrogen-bond donors (Lipinski definition) is 2. The number of carbonyl (C=O) groups is 2. The van der Waals surface area contributed by atoms with Gasteiger partial charge in [0.25, 0.3) is 5.91 Å². The number of nitrogens with zero attached hydrogens (tertiary/aromatic N) is 4. The summed E-state index contributed by atoms with van der Waals surface area (Å²) in [6.45, 7) is 3.78. The van der Waals surface area contributed by atoms with E-state index in [0.717, 1.165) is 42.6 Å². The molecule has 2 aliphatic heterocycles. The van der Waals surface area contributed by atoms with Gasteiger partial charge >= 0.3 is 6.03 Å². The number of aromatic nitrogens is 2. The second kappa shape index (κ2) is 9.45. The molecule has 1 fully saturated rings. The van der Waals surface area contributed by atoms with E-state index in [4.69, 9.17) is 4.74 Å². The Morgan fingerprint density at radius 2 is 2.08 bits per heavy atom. The van der Waals surface area contributed by atoms with E-state index in [0.29, 0.717) is 32.6 Å². The maximum absolute atomic E-state index is 13.5. The zero-order valence-electron chi connectivity index (χ0n) is 20.5. The SMILES string of the molecule is Cc1cc(Oc2cccnc2)ccc1N1C(=O)Nc2c(C(=O)N[C@@H]3CCCN(C)C3)sc3nccc1c23. The Labute approximate surface area is 218 Å². The van der Waals surface area contributed by atoms with Crippen LogP contribution in [0.5, 0.6) is 11.5 Å². The van der Waals surface area contributed by atoms with E-state index in [1.165, 1.54) is 11.3 Å². The van der Waals surface area contributed by atoms with Crippen LogP contribution in [0.1, 0.15) is 28.1 Å². The second-order valence-electron chi connectivity index (χ2n) is 9.40. The molecule has 0 aliphatic carbocycles. The molecule has 1 aromatic carbocycles. The van der Waals surface area contributed by atoms with Gasteiger partial charge in [-0.1, -0.05) is 0 Å². The first-order valence-corrected chi connectivity index (χ1v) is 13.0. The number of pyridine rings is 2. The van der Waals surface area contributed by atoms with Crippen LogP contribution in [0.25, 0.3) is 10.2 Å². The lowest BCUT2D eigenvalue weighted by Crippen LogP contribution is -2.46. The number of nitrogens with one attached hydrogen (secondary N) is 2. The molecule has 0 unspecified atom stereocenters. The smallest absolute Gasteiger partial charge is 0.331 e. The highest BCUT2D eigenvalue weighted by Crippen LogP contribution is 2.46. The standard InChI is InChI=1S/C27H26N6O3S/c1-16-13-18(36-19-6-3-10-28-14-19)7-8-20(16)33-21-9-11-29-26-22(21)23(31-27(33)35)24(37-26)25(34)30-17-5-4-12-32(2)15-17/h3,6-11,13-14,17H,4-5,12,15H2,1-2H3,(H,30,34)(H,31,35)/t17-/m1/s1. The number of amides is 3. The van der Waals surface area contributed by atoms with Crippen LogP contribution in [0, 0.1) is 6.92 Å². The number of urea groups is 1. The van der Waals surface area contributed by atoms with Crippen molar-refractivity contribution in [1.82, 2.24) is 20.2 Å². The van der Waals surface area contributed by atoms with E-state index < -0.39 is 0 Å². The predicted molar refractivity (Wildman–Crippen MR) is 144 cm³/mol. The van der Waals surface area contributed by atoms with E-state index >= 15 is 0 Å². The van der Waals surface area contributed by atoms with Gasteiger partial charge in [-0.05, 0) is 75.3 Å². The van der Waals surface area contributed by atoms with Crippen molar-refractivity contribution < 1.29 is 14.3 Å². The van der Waals surface area contributed by atoms with Crippen LogP contribution in [0.15, 0.2) is 55.0 Å². The monoisotopic (exact) mass is 514 g/mol. The Hall–Kier alpha value is -4.02. The minimum Gasteiger partial charge on any atom is -0.456 e.